The van der Waals surface area contributed by atoms with E-state index in [0.29, 0.717) is 16.7 Å². The van der Waals surface area contributed by atoms with Gasteiger partial charge in [-0.3, -0.25) is 10.1 Å². The van der Waals surface area contributed by atoms with E-state index in [4.69, 9.17) is 0 Å². The predicted molar refractivity (Wildman–Crippen MR) is 76.8 cm³/mol. The molecular weight excluding hydrogens is 278 g/mol. The maximum Gasteiger partial charge on any atom is 0.323 e. The number of nitrogens with zero attached hydrogens (tertiary/aromatic N) is 2. The molecule has 2 rings (SSSR count). The number of aromatic nitrogens is 1. The number of piperidine rings is 1. The van der Waals surface area contributed by atoms with E-state index in [9.17, 15) is 9.59 Å². The van der Waals surface area contributed by atoms with Crippen molar-refractivity contribution in [3.8, 4) is 0 Å². The van der Waals surface area contributed by atoms with E-state index < -0.39 is 0 Å². The molecule has 1 saturated heterocycles. The fourth-order valence-electron chi connectivity index (χ4n) is 2.21. The van der Waals surface area contributed by atoms with Crippen molar-refractivity contribution >= 4 is 28.5 Å². The summed E-state index contributed by atoms with van der Waals surface area (Å²) in [4.78, 5) is 29.3. The Bertz CT molecular complexity index is 489. The zero-order valence-corrected chi connectivity index (χ0v) is 12.5. The number of esters is 1. The molecule has 1 fully saturated rings. The van der Waals surface area contributed by atoms with Gasteiger partial charge in [0.05, 0.1) is 19.2 Å². The van der Waals surface area contributed by atoms with Crippen LogP contribution >= 0.6 is 11.3 Å². The number of carbonyl (C=O) groups is 2. The molecule has 1 unspecified atom stereocenters. The Morgan fingerprint density at radius 2 is 2.40 bits per heavy atom. The minimum absolute atomic E-state index is 0.115. The van der Waals surface area contributed by atoms with Gasteiger partial charge in [0.2, 0.25) is 0 Å². The van der Waals surface area contributed by atoms with E-state index >= 15 is 0 Å². The van der Waals surface area contributed by atoms with Crippen molar-refractivity contribution in [2.75, 3.05) is 25.5 Å². The summed E-state index contributed by atoms with van der Waals surface area (Å²) in [5, 5.41) is 5.06. The summed E-state index contributed by atoms with van der Waals surface area (Å²) in [6.45, 7) is 3.72. The average Bonchev–Trinajstić information content (AvgIpc) is 2.85. The highest BCUT2D eigenvalue weighted by Crippen LogP contribution is 2.19. The van der Waals surface area contributed by atoms with Crippen LogP contribution in [0.3, 0.4) is 0 Å². The molecule has 0 spiro atoms. The molecule has 0 radical (unpaired) electrons. The third-order valence-electron chi connectivity index (χ3n) is 3.26. The van der Waals surface area contributed by atoms with Gasteiger partial charge in [0.15, 0.2) is 5.13 Å². The number of anilines is 1. The lowest BCUT2D eigenvalue weighted by atomic mass is 10.0. The number of methoxy groups -OCH3 is 1. The minimum atomic E-state index is -0.335. The molecule has 1 aromatic rings. The quantitative estimate of drug-likeness (QED) is 0.868. The Hall–Kier alpha value is -1.63. The van der Waals surface area contributed by atoms with Gasteiger partial charge in [-0.15, -0.1) is 11.3 Å². The van der Waals surface area contributed by atoms with Crippen molar-refractivity contribution < 1.29 is 14.3 Å². The van der Waals surface area contributed by atoms with E-state index in [1.807, 2.05) is 4.90 Å². The lowest BCUT2D eigenvalue weighted by Gasteiger charge is -2.30. The fraction of sp³-hybridized carbons (Fsp3) is 0.615. The minimum Gasteiger partial charge on any atom is -0.469 e. The Kier molecular flexibility index (Phi) is 4.94. The summed E-state index contributed by atoms with van der Waals surface area (Å²) in [5.74, 6) is 0.207. The number of hydrogen-bond acceptors (Lipinski definition) is 5. The van der Waals surface area contributed by atoms with E-state index in [2.05, 4.69) is 22.0 Å². The second kappa shape index (κ2) is 6.69. The number of urea groups is 1. The number of nitrogens with one attached hydrogen (secondary N) is 1. The summed E-state index contributed by atoms with van der Waals surface area (Å²) in [6, 6.07) is -0.115. The second-order valence-electron chi connectivity index (χ2n) is 5.02. The highest BCUT2D eigenvalue weighted by molar-refractivity contribution is 7.13. The molecule has 1 aromatic heterocycles. The van der Waals surface area contributed by atoms with Gasteiger partial charge in [-0.25, -0.2) is 9.78 Å². The van der Waals surface area contributed by atoms with Crippen LogP contribution in [-0.4, -0.2) is 42.1 Å². The third kappa shape index (κ3) is 3.93. The Labute approximate surface area is 122 Å². The smallest absolute Gasteiger partial charge is 0.323 e. The van der Waals surface area contributed by atoms with E-state index in [1.54, 1.807) is 5.38 Å². The maximum absolute atomic E-state index is 12.1. The first-order chi connectivity index (χ1) is 9.58. The topological polar surface area (TPSA) is 71.5 Å². The van der Waals surface area contributed by atoms with Crippen molar-refractivity contribution in [1.29, 1.82) is 0 Å². The van der Waals surface area contributed by atoms with E-state index in [0.717, 1.165) is 19.5 Å². The Morgan fingerprint density at radius 1 is 1.60 bits per heavy atom. The van der Waals surface area contributed by atoms with Crippen molar-refractivity contribution in [3.63, 3.8) is 0 Å². The maximum atomic E-state index is 12.1. The van der Waals surface area contributed by atoms with Crippen LogP contribution in [0.2, 0.25) is 0 Å². The van der Waals surface area contributed by atoms with E-state index in [-0.39, 0.29) is 18.4 Å². The molecule has 1 aliphatic rings. The van der Waals surface area contributed by atoms with Gasteiger partial charge >= 0.3 is 12.0 Å². The van der Waals surface area contributed by atoms with Crippen LogP contribution < -0.4 is 5.32 Å². The second-order valence-corrected chi connectivity index (χ2v) is 5.88. The highest BCUT2D eigenvalue weighted by atomic mass is 32.1. The monoisotopic (exact) mass is 297 g/mol. The molecule has 0 aromatic carbocycles. The number of likely N-dealkylation sites (tertiary alicyclic amines) is 1. The Morgan fingerprint density at radius 3 is 3.10 bits per heavy atom. The standard InChI is InChI=1S/C13H19N3O3S/c1-9-4-3-5-16(7-9)13(18)15-12-14-10(8-20-12)6-11(17)19-2/h8-9H,3-7H2,1-2H3,(H,14,15,18). The molecule has 110 valence electrons. The number of hydrogen-bond donors (Lipinski definition) is 1. The zero-order chi connectivity index (χ0) is 14.5. The van der Waals surface area contributed by atoms with Gasteiger partial charge in [-0.2, -0.15) is 0 Å². The first-order valence-corrected chi connectivity index (χ1v) is 7.53. The molecule has 7 heteroatoms. The van der Waals surface area contributed by atoms with Crippen LogP contribution in [-0.2, 0) is 16.0 Å². The van der Waals surface area contributed by atoms with Gasteiger partial charge in [-0.05, 0) is 18.8 Å². The first-order valence-electron chi connectivity index (χ1n) is 6.65. The van der Waals surface area contributed by atoms with Crippen LogP contribution in [0.4, 0.5) is 9.93 Å². The molecule has 1 atom stereocenters. The number of thiazole rings is 1. The summed E-state index contributed by atoms with van der Waals surface area (Å²) in [6.07, 6.45) is 2.34. The molecular formula is C13H19N3O3S. The summed E-state index contributed by atoms with van der Waals surface area (Å²) < 4.78 is 4.58. The Balaban J connectivity index is 1.89. The number of carbonyl (C=O) groups excluding carboxylic acids is 2. The van der Waals surface area contributed by atoms with Crippen LogP contribution in [0.5, 0.6) is 0 Å². The van der Waals surface area contributed by atoms with Crippen LogP contribution in [0, 0.1) is 5.92 Å². The number of ether oxygens (including phenoxy) is 1. The van der Waals surface area contributed by atoms with E-state index in [1.165, 1.54) is 24.9 Å². The molecule has 0 bridgehead atoms. The van der Waals surface area contributed by atoms with Gasteiger partial charge < -0.3 is 9.64 Å². The van der Waals surface area contributed by atoms with Crippen LogP contribution in [0.1, 0.15) is 25.5 Å². The molecule has 1 N–H and O–H groups in total. The lowest BCUT2D eigenvalue weighted by molar-refractivity contribution is -0.139. The predicted octanol–water partition coefficient (Wildman–Crippen LogP) is 2.12. The average molecular weight is 297 g/mol. The van der Waals surface area contributed by atoms with Crippen molar-refractivity contribution in [3.05, 3.63) is 11.1 Å². The molecule has 2 heterocycles. The molecule has 1 aliphatic heterocycles. The molecule has 2 amide bonds. The van der Waals surface area contributed by atoms with Gasteiger partial charge in [0.25, 0.3) is 0 Å². The summed E-state index contributed by atoms with van der Waals surface area (Å²) >= 11 is 1.32. The molecule has 0 saturated carbocycles. The normalized spacial score (nSPS) is 18.7. The van der Waals surface area contributed by atoms with Crippen molar-refractivity contribution in [2.24, 2.45) is 5.92 Å². The third-order valence-corrected chi connectivity index (χ3v) is 4.07. The van der Waals surface area contributed by atoms with Crippen LogP contribution in [0.15, 0.2) is 5.38 Å². The van der Waals surface area contributed by atoms with Gasteiger partial charge in [-0.1, -0.05) is 6.92 Å². The molecule has 0 aliphatic carbocycles. The lowest BCUT2D eigenvalue weighted by Crippen LogP contribution is -2.41. The van der Waals surface area contributed by atoms with Crippen molar-refractivity contribution in [1.82, 2.24) is 9.88 Å². The zero-order valence-electron chi connectivity index (χ0n) is 11.7. The SMILES string of the molecule is COC(=O)Cc1csc(NC(=O)N2CCCC(C)C2)n1. The highest BCUT2D eigenvalue weighted by Gasteiger charge is 2.21. The largest absolute Gasteiger partial charge is 0.469 e. The fourth-order valence-corrected chi connectivity index (χ4v) is 2.91. The number of rotatable bonds is 3. The summed E-state index contributed by atoms with van der Waals surface area (Å²) in [7, 11) is 1.34. The summed E-state index contributed by atoms with van der Waals surface area (Å²) in [5.41, 5.74) is 0.615. The van der Waals surface area contributed by atoms with Gasteiger partial charge in [0.1, 0.15) is 0 Å². The van der Waals surface area contributed by atoms with Crippen molar-refractivity contribution in [2.45, 2.75) is 26.2 Å². The van der Waals surface area contributed by atoms with Crippen LogP contribution in [0.25, 0.3) is 0 Å². The van der Waals surface area contributed by atoms with Gasteiger partial charge in [0, 0.05) is 18.5 Å². The molecule has 6 nitrogen and oxygen atoms in total. The molecule has 20 heavy (non-hydrogen) atoms. The number of amides is 2. The first kappa shape index (κ1) is 14.8.